The van der Waals surface area contributed by atoms with Crippen LogP contribution in [0.1, 0.15) is 11.1 Å². The number of nitrogens with one attached hydrogen (secondary N) is 1. The molecule has 2 heterocycles. The van der Waals surface area contributed by atoms with Gasteiger partial charge >= 0.3 is 0 Å². The number of hydrogen-bond donors (Lipinski definition) is 1. The molecule has 2 aliphatic rings. The third-order valence-corrected chi connectivity index (χ3v) is 8.88. The average Bonchev–Trinajstić information content (AvgIpc) is 3.50. The van der Waals surface area contributed by atoms with E-state index in [4.69, 9.17) is 9.41 Å². The van der Waals surface area contributed by atoms with Gasteiger partial charge in [-0.15, -0.1) is 0 Å². The fourth-order valence-electron chi connectivity index (χ4n) is 6.72. The van der Waals surface area contributed by atoms with E-state index in [0.717, 1.165) is 72.1 Å². The van der Waals surface area contributed by atoms with Crippen molar-refractivity contribution in [3.8, 4) is 22.3 Å². The lowest BCUT2D eigenvalue weighted by molar-refractivity contribution is 0.672. The van der Waals surface area contributed by atoms with Crippen molar-refractivity contribution in [3.05, 3.63) is 174 Å². The monoisotopic (exact) mass is 576 g/mol. The number of benzene rings is 6. The van der Waals surface area contributed by atoms with E-state index < -0.39 is 0 Å². The molecule has 0 bridgehead atoms. The van der Waals surface area contributed by atoms with Gasteiger partial charge in [0, 0.05) is 32.9 Å². The summed E-state index contributed by atoms with van der Waals surface area (Å²) < 4.78 is 6.56. The van der Waals surface area contributed by atoms with Crippen LogP contribution < -0.4 is 5.32 Å². The Morgan fingerprint density at radius 2 is 1.29 bits per heavy atom. The van der Waals surface area contributed by atoms with Gasteiger partial charge in [-0.05, 0) is 58.0 Å². The quantitative estimate of drug-likeness (QED) is 0.226. The Hall–Kier alpha value is -5.93. The van der Waals surface area contributed by atoms with Crippen molar-refractivity contribution < 1.29 is 4.42 Å². The molecule has 0 spiro atoms. The second kappa shape index (κ2) is 10.4. The van der Waals surface area contributed by atoms with Crippen LogP contribution in [0.25, 0.3) is 60.7 Å². The van der Waals surface area contributed by atoms with E-state index >= 15 is 0 Å². The van der Waals surface area contributed by atoms with Crippen molar-refractivity contribution in [1.82, 2.24) is 5.32 Å². The van der Waals surface area contributed by atoms with Crippen molar-refractivity contribution >= 4 is 44.2 Å². The summed E-state index contributed by atoms with van der Waals surface area (Å²) in [7, 11) is 0. The summed E-state index contributed by atoms with van der Waals surface area (Å²) in [5, 5.41) is 8.23. The third kappa shape index (κ3) is 4.32. The summed E-state index contributed by atoms with van der Waals surface area (Å²) in [5.41, 5.74) is 10.7. The maximum Gasteiger partial charge on any atom is 0.143 e. The molecular weight excluding hydrogens is 548 g/mol. The summed E-state index contributed by atoms with van der Waals surface area (Å²) in [6.07, 6.45) is 8.60. The van der Waals surface area contributed by atoms with Gasteiger partial charge in [0.05, 0.1) is 11.7 Å². The van der Waals surface area contributed by atoms with Crippen molar-refractivity contribution in [2.75, 3.05) is 0 Å². The molecule has 0 radical (unpaired) electrons. The van der Waals surface area contributed by atoms with Gasteiger partial charge in [-0.2, -0.15) is 0 Å². The van der Waals surface area contributed by atoms with Crippen LogP contribution in [0, 0.1) is 0 Å². The SMILES string of the molecule is C1=CC2=C(c3cccc4ccc5c6ccccc6oc5c34)N=C(c3cc(-c4ccccc4)cc(-c4ccccc4)c3)NC2C=C1. The number of aliphatic imine (C=N–C) groups is 1. The third-order valence-electron chi connectivity index (χ3n) is 8.88. The molecule has 1 aliphatic carbocycles. The number of amidine groups is 1. The van der Waals surface area contributed by atoms with Gasteiger partial charge < -0.3 is 9.73 Å². The summed E-state index contributed by atoms with van der Waals surface area (Å²) in [6, 6.07) is 47.0. The van der Waals surface area contributed by atoms with Crippen molar-refractivity contribution in [3.63, 3.8) is 0 Å². The topological polar surface area (TPSA) is 37.5 Å². The molecule has 1 aromatic heterocycles. The van der Waals surface area contributed by atoms with Crippen molar-refractivity contribution in [1.29, 1.82) is 0 Å². The van der Waals surface area contributed by atoms with Crippen LogP contribution in [-0.2, 0) is 0 Å². The van der Waals surface area contributed by atoms with Crippen molar-refractivity contribution in [2.45, 2.75) is 6.04 Å². The first-order valence-electron chi connectivity index (χ1n) is 15.3. The molecule has 3 heteroatoms. The van der Waals surface area contributed by atoms with Gasteiger partial charge in [-0.1, -0.05) is 127 Å². The van der Waals surface area contributed by atoms with Crippen LogP contribution in [0.4, 0.5) is 0 Å². The first-order chi connectivity index (χ1) is 22.3. The van der Waals surface area contributed by atoms with E-state index in [1.807, 2.05) is 12.1 Å². The standard InChI is InChI=1S/C42H28N2O/c1-3-12-27(13-4-1)30-24-31(28-14-5-2-6-15-28)26-32(25-30)42-43-37-20-9-7-18-35(37)40(44-42)36-19-11-16-29-22-23-34-33-17-8-10-21-38(33)45-41(34)39(29)36/h1-26,37H,(H,43,44). The zero-order chi connectivity index (χ0) is 29.7. The molecule has 9 rings (SSSR count). The Balaban J connectivity index is 1.29. The number of hydrogen-bond acceptors (Lipinski definition) is 3. The molecule has 3 nitrogen and oxygen atoms in total. The average molecular weight is 577 g/mol. The normalized spacial score (nSPS) is 15.8. The van der Waals surface area contributed by atoms with Gasteiger partial charge in [-0.3, -0.25) is 0 Å². The Morgan fingerprint density at radius 3 is 2.07 bits per heavy atom. The molecule has 1 aliphatic heterocycles. The molecule has 1 N–H and O–H groups in total. The van der Waals surface area contributed by atoms with Gasteiger partial charge in [-0.25, -0.2) is 4.99 Å². The number of fused-ring (bicyclic) bond motifs is 6. The Kier molecular flexibility index (Phi) is 5.88. The minimum atomic E-state index is -0.0109. The van der Waals surface area contributed by atoms with Gasteiger partial charge in [0.15, 0.2) is 0 Å². The molecule has 212 valence electrons. The molecule has 6 aromatic carbocycles. The number of nitrogens with zero attached hydrogens (tertiary/aromatic N) is 1. The van der Waals surface area contributed by atoms with Gasteiger partial charge in [0.25, 0.3) is 0 Å². The highest BCUT2D eigenvalue weighted by atomic mass is 16.3. The predicted octanol–water partition coefficient (Wildman–Crippen LogP) is 10.3. The zero-order valence-corrected chi connectivity index (χ0v) is 24.4. The van der Waals surface area contributed by atoms with Crippen molar-refractivity contribution in [2.24, 2.45) is 4.99 Å². The molecule has 45 heavy (non-hydrogen) atoms. The first kappa shape index (κ1) is 25.6. The lowest BCUT2D eigenvalue weighted by atomic mass is 9.90. The second-order valence-corrected chi connectivity index (χ2v) is 11.6. The predicted molar refractivity (Wildman–Crippen MR) is 187 cm³/mol. The highest BCUT2D eigenvalue weighted by molar-refractivity contribution is 6.18. The fourth-order valence-corrected chi connectivity index (χ4v) is 6.72. The minimum absolute atomic E-state index is 0.0109. The van der Waals surface area contributed by atoms with E-state index in [-0.39, 0.29) is 6.04 Å². The van der Waals surface area contributed by atoms with E-state index in [1.165, 1.54) is 11.1 Å². The maximum absolute atomic E-state index is 6.56. The number of para-hydroxylation sites is 1. The first-order valence-corrected chi connectivity index (χ1v) is 15.3. The van der Waals surface area contributed by atoms with Crippen LogP contribution in [0.5, 0.6) is 0 Å². The smallest absolute Gasteiger partial charge is 0.143 e. The number of allylic oxidation sites excluding steroid dienone is 2. The van der Waals surface area contributed by atoms with E-state index in [1.54, 1.807) is 0 Å². The molecule has 0 fully saturated rings. The number of furan rings is 1. The van der Waals surface area contributed by atoms with Crippen LogP contribution >= 0.6 is 0 Å². The largest absolute Gasteiger partial charge is 0.455 e. The van der Waals surface area contributed by atoms with Crippen LogP contribution in [0.2, 0.25) is 0 Å². The molecule has 0 saturated carbocycles. The van der Waals surface area contributed by atoms with Crippen LogP contribution in [-0.4, -0.2) is 11.9 Å². The lowest BCUT2D eigenvalue weighted by Crippen LogP contribution is -2.39. The lowest BCUT2D eigenvalue weighted by Gasteiger charge is -2.28. The van der Waals surface area contributed by atoms with E-state index in [9.17, 15) is 0 Å². The number of rotatable bonds is 4. The molecular formula is C42H28N2O. The summed E-state index contributed by atoms with van der Waals surface area (Å²) in [4.78, 5) is 5.45. The molecule has 0 amide bonds. The van der Waals surface area contributed by atoms with Crippen LogP contribution in [0.15, 0.2) is 173 Å². The second-order valence-electron chi connectivity index (χ2n) is 11.6. The Bertz CT molecular complexity index is 2330. The summed E-state index contributed by atoms with van der Waals surface area (Å²) >= 11 is 0. The van der Waals surface area contributed by atoms with Gasteiger partial charge in [0.2, 0.25) is 0 Å². The maximum atomic E-state index is 6.56. The van der Waals surface area contributed by atoms with Gasteiger partial charge in [0.1, 0.15) is 17.0 Å². The molecule has 7 aromatic rings. The summed E-state index contributed by atoms with van der Waals surface area (Å²) in [6.45, 7) is 0. The minimum Gasteiger partial charge on any atom is -0.455 e. The molecule has 0 saturated heterocycles. The highest BCUT2D eigenvalue weighted by Crippen LogP contribution is 2.40. The Morgan fingerprint density at radius 1 is 0.578 bits per heavy atom. The van der Waals surface area contributed by atoms with E-state index in [0.29, 0.717) is 0 Å². The molecule has 1 atom stereocenters. The summed E-state index contributed by atoms with van der Waals surface area (Å²) in [5.74, 6) is 0.849. The van der Waals surface area contributed by atoms with E-state index in [2.05, 4.69) is 151 Å². The highest BCUT2D eigenvalue weighted by Gasteiger charge is 2.26. The zero-order valence-electron chi connectivity index (χ0n) is 24.4. The Labute approximate surface area is 261 Å². The fraction of sp³-hybridized carbons (Fsp3) is 0.0238. The van der Waals surface area contributed by atoms with Crippen LogP contribution in [0.3, 0.4) is 0 Å². The molecule has 1 unspecified atom stereocenters.